The first-order valence-corrected chi connectivity index (χ1v) is 15.2. The Hall–Kier alpha value is -0.780. The molecule has 0 saturated heterocycles. The van der Waals surface area contributed by atoms with Gasteiger partial charge in [-0.25, -0.2) is 0 Å². The van der Waals surface area contributed by atoms with E-state index in [1.165, 1.54) is 0 Å². The zero-order chi connectivity index (χ0) is 26.6. The van der Waals surface area contributed by atoms with Gasteiger partial charge in [0, 0.05) is 6.54 Å². The molecule has 4 fully saturated rings. The maximum atomic E-state index is 12.3. The molecule has 0 spiro atoms. The normalized spacial score (nSPS) is 46.2. The summed E-state index contributed by atoms with van der Waals surface area (Å²) in [7, 11) is -4.20. The summed E-state index contributed by atoms with van der Waals surface area (Å²) in [6.45, 7) is 6.25. The number of fused-ring (bicyclic) bond motifs is 5. The minimum Gasteiger partial charge on any atom is -0.393 e. The fourth-order valence-electron chi connectivity index (χ4n) is 9.22. The molecule has 4 saturated carbocycles. The monoisotopic (exact) mass is 531 g/mol. The molecule has 0 aromatic carbocycles. The van der Waals surface area contributed by atoms with E-state index in [4.69, 9.17) is 4.55 Å². The highest BCUT2D eigenvalue weighted by Gasteiger charge is 2.65. The number of amides is 1. The second kappa shape index (κ2) is 10.1. The highest BCUT2D eigenvalue weighted by Crippen LogP contribution is 2.68. The zero-order valence-electron chi connectivity index (χ0n) is 21.7. The molecule has 1 amide bonds. The molecular weight excluding hydrogens is 486 g/mol. The van der Waals surface area contributed by atoms with Crippen molar-refractivity contribution in [3.05, 3.63) is 0 Å². The Kier molecular flexibility index (Phi) is 7.90. The van der Waals surface area contributed by atoms with Gasteiger partial charge in [0.15, 0.2) is 0 Å². The first-order valence-electron chi connectivity index (χ1n) is 13.6. The van der Waals surface area contributed by atoms with Crippen molar-refractivity contribution in [3.8, 4) is 0 Å². The van der Waals surface area contributed by atoms with E-state index in [0.29, 0.717) is 24.7 Å². The number of nitrogens with one attached hydrogen (secondary N) is 1. The van der Waals surface area contributed by atoms with Crippen molar-refractivity contribution in [1.29, 1.82) is 0 Å². The van der Waals surface area contributed by atoms with Gasteiger partial charge in [-0.2, -0.15) is 8.42 Å². The molecule has 4 aliphatic carbocycles. The molecule has 6 N–H and O–H groups in total. The SMILES string of the molecule is C[C@H](C[C@@H](O)C(=O)NCCS(=O)(=O)O)[C@H]1C[C@H](O)[C@H]2[C@H]3C(CC[C@@]21C)[C@@]1(C)CC[C@@H](O)C[C@H]1C[C@H]3O. The first-order chi connectivity index (χ1) is 16.7. The van der Waals surface area contributed by atoms with Crippen molar-refractivity contribution >= 4 is 16.0 Å². The Labute approximate surface area is 214 Å². The number of hydrogen-bond donors (Lipinski definition) is 6. The first kappa shape index (κ1) is 28.2. The van der Waals surface area contributed by atoms with Crippen molar-refractivity contribution < 1.29 is 38.2 Å². The molecule has 0 heterocycles. The van der Waals surface area contributed by atoms with Crippen LogP contribution in [0.3, 0.4) is 0 Å². The van der Waals surface area contributed by atoms with Gasteiger partial charge in [0.2, 0.25) is 5.91 Å². The molecule has 0 bridgehead atoms. The molecule has 0 radical (unpaired) electrons. The molecule has 9 nitrogen and oxygen atoms in total. The Morgan fingerprint density at radius 1 is 1.03 bits per heavy atom. The van der Waals surface area contributed by atoms with Crippen molar-refractivity contribution in [2.24, 2.45) is 46.3 Å². The van der Waals surface area contributed by atoms with Crippen LogP contribution in [0.4, 0.5) is 0 Å². The Morgan fingerprint density at radius 2 is 1.69 bits per heavy atom. The Morgan fingerprint density at radius 3 is 2.36 bits per heavy atom. The summed E-state index contributed by atoms with van der Waals surface area (Å²) in [5.41, 5.74) is -0.163. The van der Waals surface area contributed by atoms with Crippen LogP contribution in [0.25, 0.3) is 0 Å². The van der Waals surface area contributed by atoms with E-state index in [-0.39, 0.29) is 53.6 Å². The summed E-state index contributed by atoms with van der Waals surface area (Å²) in [6.07, 6.45) is 3.11. The Balaban J connectivity index is 1.46. The molecule has 1 unspecified atom stereocenters. The predicted molar refractivity (Wildman–Crippen MR) is 133 cm³/mol. The lowest BCUT2D eigenvalue weighted by atomic mass is 9.43. The van der Waals surface area contributed by atoms with Gasteiger partial charge in [-0.05, 0) is 97.7 Å². The zero-order valence-corrected chi connectivity index (χ0v) is 22.5. The standard InChI is InChI=1S/C26H45NO8S/c1-14(10-21(31)24(32)27-8-9-36(33,34)35)18-13-20(30)23-22-17(5-7-26(18,23)3)25(2)6-4-16(28)11-15(25)12-19(22)29/h14-23,28-31H,4-13H2,1-3H3,(H,27,32)(H,33,34,35)/t14-,15+,16-,17?,18-,19-,20+,21-,22+,23+,25+,26-/m1/s1. The summed E-state index contributed by atoms with van der Waals surface area (Å²) in [5.74, 6) is -0.726. The van der Waals surface area contributed by atoms with Gasteiger partial charge in [0.1, 0.15) is 6.10 Å². The van der Waals surface area contributed by atoms with Gasteiger partial charge in [-0.1, -0.05) is 20.8 Å². The summed E-state index contributed by atoms with van der Waals surface area (Å²) in [5, 5.41) is 45.8. The molecule has 208 valence electrons. The fourth-order valence-corrected chi connectivity index (χ4v) is 9.58. The van der Waals surface area contributed by atoms with Gasteiger partial charge in [-0.3, -0.25) is 9.35 Å². The van der Waals surface area contributed by atoms with Gasteiger partial charge in [0.25, 0.3) is 10.1 Å². The maximum absolute atomic E-state index is 12.3. The van der Waals surface area contributed by atoms with Crippen LogP contribution in [-0.4, -0.2) is 76.0 Å². The minimum atomic E-state index is -4.20. The summed E-state index contributed by atoms with van der Waals surface area (Å²) >= 11 is 0. The van der Waals surface area contributed by atoms with Crippen LogP contribution in [0, 0.1) is 46.3 Å². The van der Waals surface area contributed by atoms with Gasteiger partial charge in [-0.15, -0.1) is 0 Å². The second-order valence-electron chi connectivity index (χ2n) is 12.9. The number of aliphatic hydroxyl groups is 4. The third-order valence-electron chi connectivity index (χ3n) is 11.0. The van der Waals surface area contributed by atoms with Crippen molar-refractivity contribution in [2.75, 3.05) is 12.3 Å². The molecular formula is C26H45NO8S. The van der Waals surface area contributed by atoms with Gasteiger partial charge in [0.05, 0.1) is 24.1 Å². The van der Waals surface area contributed by atoms with Crippen LogP contribution in [-0.2, 0) is 14.9 Å². The fraction of sp³-hybridized carbons (Fsp3) is 0.962. The molecule has 10 heteroatoms. The molecule has 4 rings (SSSR count). The smallest absolute Gasteiger partial charge is 0.266 e. The average Bonchev–Trinajstić information content (AvgIpc) is 3.05. The van der Waals surface area contributed by atoms with Gasteiger partial charge < -0.3 is 25.7 Å². The number of hydrogen-bond acceptors (Lipinski definition) is 7. The van der Waals surface area contributed by atoms with E-state index in [2.05, 4.69) is 19.2 Å². The van der Waals surface area contributed by atoms with E-state index in [9.17, 15) is 33.6 Å². The molecule has 0 aliphatic heterocycles. The molecule has 4 aliphatic rings. The number of carbonyl (C=O) groups excluding carboxylic acids is 1. The number of aliphatic hydroxyl groups excluding tert-OH is 4. The van der Waals surface area contributed by atoms with Crippen LogP contribution in [0.15, 0.2) is 0 Å². The highest BCUT2D eigenvalue weighted by atomic mass is 32.2. The minimum absolute atomic E-state index is 0.00101. The summed E-state index contributed by atoms with van der Waals surface area (Å²) < 4.78 is 30.5. The largest absolute Gasteiger partial charge is 0.393 e. The average molecular weight is 532 g/mol. The van der Waals surface area contributed by atoms with E-state index in [0.717, 1.165) is 32.1 Å². The van der Waals surface area contributed by atoms with E-state index in [1.807, 2.05) is 6.92 Å². The van der Waals surface area contributed by atoms with Crippen molar-refractivity contribution in [1.82, 2.24) is 5.32 Å². The van der Waals surface area contributed by atoms with Crippen LogP contribution in [0.1, 0.15) is 72.1 Å². The lowest BCUT2D eigenvalue weighted by Gasteiger charge is -2.62. The van der Waals surface area contributed by atoms with Crippen LogP contribution in [0.2, 0.25) is 0 Å². The van der Waals surface area contributed by atoms with E-state index in [1.54, 1.807) is 0 Å². The number of carbonyl (C=O) groups is 1. The molecule has 36 heavy (non-hydrogen) atoms. The maximum Gasteiger partial charge on any atom is 0.266 e. The summed E-state index contributed by atoms with van der Waals surface area (Å²) in [6, 6.07) is 0. The Bertz CT molecular complexity index is 929. The number of rotatable bonds is 7. The second-order valence-corrected chi connectivity index (χ2v) is 14.5. The third kappa shape index (κ3) is 5.10. The van der Waals surface area contributed by atoms with Crippen molar-refractivity contribution in [2.45, 2.75) is 96.6 Å². The van der Waals surface area contributed by atoms with E-state index < -0.39 is 40.1 Å². The lowest BCUT2D eigenvalue weighted by molar-refractivity contribution is -0.185. The third-order valence-corrected chi connectivity index (χ3v) is 11.7. The van der Waals surface area contributed by atoms with Crippen LogP contribution in [0.5, 0.6) is 0 Å². The predicted octanol–water partition coefficient (Wildman–Crippen LogP) is 1.34. The quantitative estimate of drug-likeness (QED) is 0.268. The summed E-state index contributed by atoms with van der Waals surface area (Å²) in [4.78, 5) is 12.3. The van der Waals surface area contributed by atoms with Gasteiger partial charge >= 0.3 is 0 Å². The van der Waals surface area contributed by atoms with Crippen LogP contribution >= 0.6 is 0 Å². The highest BCUT2D eigenvalue weighted by molar-refractivity contribution is 7.85. The lowest BCUT2D eigenvalue weighted by Crippen LogP contribution is -2.60. The molecule has 12 atom stereocenters. The van der Waals surface area contributed by atoms with Crippen LogP contribution < -0.4 is 5.32 Å². The molecule has 0 aromatic rings. The van der Waals surface area contributed by atoms with E-state index >= 15 is 0 Å². The topological polar surface area (TPSA) is 164 Å². The molecule has 0 aromatic heterocycles. The van der Waals surface area contributed by atoms with Crippen molar-refractivity contribution in [3.63, 3.8) is 0 Å².